The van der Waals surface area contributed by atoms with Gasteiger partial charge in [0.05, 0.1) is 13.2 Å². The summed E-state index contributed by atoms with van der Waals surface area (Å²) in [6.45, 7) is 4.72. The molecule has 0 amide bonds. The summed E-state index contributed by atoms with van der Waals surface area (Å²) in [6.07, 6.45) is 3.19. The van der Waals surface area contributed by atoms with Crippen molar-refractivity contribution in [2.24, 2.45) is 0 Å². The summed E-state index contributed by atoms with van der Waals surface area (Å²) in [5, 5.41) is 0. The SMILES string of the molecule is CCOC(=O)/C=C/CSc1cc(OCC)ccc1N. The fourth-order valence-electron chi connectivity index (χ4n) is 1.37. The molecule has 19 heavy (non-hydrogen) atoms. The van der Waals surface area contributed by atoms with Crippen LogP contribution in [0.3, 0.4) is 0 Å². The molecule has 1 aromatic carbocycles. The smallest absolute Gasteiger partial charge is 0.330 e. The molecule has 0 heterocycles. The number of rotatable bonds is 7. The van der Waals surface area contributed by atoms with Crippen molar-refractivity contribution in [2.75, 3.05) is 24.7 Å². The summed E-state index contributed by atoms with van der Waals surface area (Å²) >= 11 is 1.55. The van der Waals surface area contributed by atoms with Crippen molar-refractivity contribution in [3.63, 3.8) is 0 Å². The van der Waals surface area contributed by atoms with Gasteiger partial charge in [-0.1, -0.05) is 6.08 Å². The predicted octanol–water partition coefficient (Wildman–Crippen LogP) is 2.88. The van der Waals surface area contributed by atoms with Crippen LogP contribution >= 0.6 is 11.8 Å². The molecule has 0 bridgehead atoms. The normalized spacial score (nSPS) is 10.6. The lowest BCUT2D eigenvalue weighted by atomic mass is 10.3. The molecule has 0 aliphatic heterocycles. The first-order valence-electron chi connectivity index (χ1n) is 6.15. The number of carbonyl (C=O) groups is 1. The zero-order valence-electron chi connectivity index (χ0n) is 11.2. The molecular weight excluding hydrogens is 262 g/mol. The number of carbonyl (C=O) groups excluding carboxylic acids is 1. The van der Waals surface area contributed by atoms with Crippen LogP contribution in [-0.2, 0) is 9.53 Å². The third-order valence-electron chi connectivity index (χ3n) is 2.17. The van der Waals surface area contributed by atoms with Crippen molar-refractivity contribution in [1.29, 1.82) is 0 Å². The monoisotopic (exact) mass is 281 g/mol. The Hall–Kier alpha value is -1.62. The zero-order valence-corrected chi connectivity index (χ0v) is 12.0. The average Bonchev–Trinajstić information content (AvgIpc) is 2.39. The highest BCUT2D eigenvalue weighted by Gasteiger charge is 2.02. The Kier molecular flexibility index (Phi) is 6.89. The van der Waals surface area contributed by atoms with Crippen LogP contribution in [0, 0.1) is 0 Å². The third-order valence-corrected chi connectivity index (χ3v) is 3.20. The Labute approximate surface area is 118 Å². The Bertz CT molecular complexity index is 446. The van der Waals surface area contributed by atoms with Gasteiger partial charge in [-0.25, -0.2) is 4.79 Å². The minimum atomic E-state index is -0.320. The number of hydrogen-bond acceptors (Lipinski definition) is 5. The van der Waals surface area contributed by atoms with E-state index in [4.69, 9.17) is 15.2 Å². The first-order chi connectivity index (χ1) is 9.17. The summed E-state index contributed by atoms with van der Waals surface area (Å²) in [6, 6.07) is 5.57. The second-order valence-electron chi connectivity index (χ2n) is 3.60. The maximum atomic E-state index is 11.1. The average molecular weight is 281 g/mol. The third kappa shape index (κ3) is 5.70. The van der Waals surface area contributed by atoms with Crippen molar-refractivity contribution < 1.29 is 14.3 Å². The summed E-state index contributed by atoms with van der Waals surface area (Å²) in [7, 11) is 0. The molecule has 2 N–H and O–H groups in total. The van der Waals surface area contributed by atoms with E-state index in [9.17, 15) is 4.79 Å². The van der Waals surface area contributed by atoms with Crippen molar-refractivity contribution in [2.45, 2.75) is 18.7 Å². The largest absolute Gasteiger partial charge is 0.494 e. The Morgan fingerprint density at radius 2 is 2.16 bits per heavy atom. The molecule has 0 saturated carbocycles. The summed E-state index contributed by atoms with van der Waals surface area (Å²) in [5.41, 5.74) is 6.59. The van der Waals surface area contributed by atoms with E-state index < -0.39 is 0 Å². The molecule has 0 aliphatic rings. The lowest BCUT2D eigenvalue weighted by Crippen LogP contribution is -1.99. The topological polar surface area (TPSA) is 61.5 Å². The molecule has 4 nitrogen and oxygen atoms in total. The van der Waals surface area contributed by atoms with Gasteiger partial charge in [0.15, 0.2) is 0 Å². The number of ether oxygens (including phenoxy) is 2. The van der Waals surface area contributed by atoms with Crippen LogP contribution in [-0.4, -0.2) is 24.9 Å². The van der Waals surface area contributed by atoms with Gasteiger partial charge in [0.2, 0.25) is 0 Å². The van der Waals surface area contributed by atoms with E-state index in [0.29, 0.717) is 24.7 Å². The fraction of sp³-hybridized carbons (Fsp3) is 0.357. The van der Waals surface area contributed by atoms with Crippen molar-refractivity contribution >= 4 is 23.4 Å². The number of nitrogen functional groups attached to an aromatic ring is 1. The molecule has 1 aromatic rings. The van der Waals surface area contributed by atoms with Gasteiger partial charge < -0.3 is 15.2 Å². The van der Waals surface area contributed by atoms with Gasteiger partial charge in [-0.2, -0.15) is 0 Å². The van der Waals surface area contributed by atoms with Crippen LogP contribution < -0.4 is 10.5 Å². The van der Waals surface area contributed by atoms with E-state index >= 15 is 0 Å². The molecule has 1 rings (SSSR count). The van der Waals surface area contributed by atoms with Crippen molar-refractivity contribution in [3.8, 4) is 5.75 Å². The highest BCUT2D eigenvalue weighted by atomic mass is 32.2. The highest BCUT2D eigenvalue weighted by molar-refractivity contribution is 7.99. The molecule has 0 spiro atoms. The van der Waals surface area contributed by atoms with E-state index in [2.05, 4.69) is 0 Å². The van der Waals surface area contributed by atoms with Crippen LogP contribution in [0.15, 0.2) is 35.2 Å². The standard InChI is InChI=1S/C14H19NO3S/c1-3-17-11-7-8-12(15)13(10-11)19-9-5-6-14(16)18-4-2/h5-8,10H,3-4,9,15H2,1-2H3/b6-5+. The van der Waals surface area contributed by atoms with Gasteiger partial charge in [-0.15, -0.1) is 11.8 Å². The van der Waals surface area contributed by atoms with Gasteiger partial charge in [-0.05, 0) is 32.0 Å². The minimum absolute atomic E-state index is 0.320. The number of esters is 1. The maximum Gasteiger partial charge on any atom is 0.330 e. The molecule has 0 fully saturated rings. The Morgan fingerprint density at radius 1 is 1.37 bits per heavy atom. The number of nitrogens with two attached hydrogens (primary N) is 1. The second-order valence-corrected chi connectivity index (χ2v) is 4.66. The quantitative estimate of drug-likeness (QED) is 0.360. The predicted molar refractivity (Wildman–Crippen MR) is 78.5 cm³/mol. The number of benzene rings is 1. The molecule has 0 aliphatic carbocycles. The lowest BCUT2D eigenvalue weighted by molar-refractivity contribution is -0.137. The molecule has 5 heteroatoms. The van der Waals surface area contributed by atoms with Crippen LogP contribution in [0.1, 0.15) is 13.8 Å². The summed E-state index contributed by atoms with van der Waals surface area (Å²) in [5.74, 6) is 1.13. The van der Waals surface area contributed by atoms with Crippen LogP contribution in [0.2, 0.25) is 0 Å². The molecule has 0 atom stereocenters. The van der Waals surface area contributed by atoms with Gasteiger partial charge in [-0.3, -0.25) is 0 Å². The second kappa shape index (κ2) is 8.48. The number of hydrogen-bond donors (Lipinski definition) is 1. The number of thioether (sulfide) groups is 1. The fourth-order valence-corrected chi connectivity index (χ4v) is 2.17. The molecule has 0 aromatic heterocycles. The Balaban J connectivity index is 2.52. The van der Waals surface area contributed by atoms with Crippen molar-refractivity contribution in [1.82, 2.24) is 0 Å². The minimum Gasteiger partial charge on any atom is -0.494 e. The van der Waals surface area contributed by atoms with Gasteiger partial charge >= 0.3 is 5.97 Å². The van der Waals surface area contributed by atoms with Crippen molar-refractivity contribution in [3.05, 3.63) is 30.4 Å². The lowest BCUT2D eigenvalue weighted by Gasteiger charge is -2.07. The maximum absolute atomic E-state index is 11.1. The van der Waals surface area contributed by atoms with Crippen LogP contribution in [0.4, 0.5) is 5.69 Å². The summed E-state index contributed by atoms with van der Waals surface area (Å²) < 4.78 is 10.2. The molecule has 0 radical (unpaired) electrons. The van der Waals surface area contributed by atoms with E-state index in [1.165, 1.54) is 6.08 Å². The highest BCUT2D eigenvalue weighted by Crippen LogP contribution is 2.29. The molecule has 0 saturated heterocycles. The zero-order chi connectivity index (χ0) is 14.1. The van der Waals surface area contributed by atoms with E-state index in [1.807, 2.05) is 25.1 Å². The summed E-state index contributed by atoms with van der Waals surface area (Å²) in [4.78, 5) is 12.0. The first-order valence-corrected chi connectivity index (χ1v) is 7.14. The molecule has 104 valence electrons. The van der Waals surface area contributed by atoms with Crippen LogP contribution in [0.5, 0.6) is 5.75 Å². The first kappa shape index (κ1) is 15.4. The van der Waals surface area contributed by atoms with Crippen LogP contribution in [0.25, 0.3) is 0 Å². The van der Waals surface area contributed by atoms with E-state index in [1.54, 1.807) is 24.8 Å². The molecular formula is C14H19NO3S. The number of anilines is 1. The van der Waals surface area contributed by atoms with Gasteiger partial charge in [0.1, 0.15) is 5.75 Å². The van der Waals surface area contributed by atoms with Gasteiger partial charge in [0, 0.05) is 22.4 Å². The van der Waals surface area contributed by atoms with E-state index in [0.717, 1.165) is 10.6 Å². The van der Waals surface area contributed by atoms with E-state index in [-0.39, 0.29) is 5.97 Å². The van der Waals surface area contributed by atoms with Gasteiger partial charge in [0.25, 0.3) is 0 Å². The molecule has 0 unspecified atom stereocenters. The Morgan fingerprint density at radius 3 is 2.84 bits per heavy atom.